The molecule has 2 aromatic rings. The Hall–Kier alpha value is -2.89. The van der Waals surface area contributed by atoms with Crippen LogP contribution in [0.1, 0.15) is 16.1 Å². The zero-order chi connectivity index (χ0) is 14.4. The summed E-state index contributed by atoms with van der Waals surface area (Å²) in [5.74, 6) is 0.132. The Balaban J connectivity index is 2.02. The second-order valence-corrected chi connectivity index (χ2v) is 3.84. The van der Waals surface area contributed by atoms with Gasteiger partial charge in [0, 0.05) is 17.8 Å². The maximum atomic E-state index is 11.7. The second-order valence-electron chi connectivity index (χ2n) is 3.84. The number of phenols is 1. The summed E-state index contributed by atoms with van der Waals surface area (Å²) >= 11 is 0. The van der Waals surface area contributed by atoms with Crippen LogP contribution in [0.4, 0.5) is 0 Å². The van der Waals surface area contributed by atoms with E-state index >= 15 is 0 Å². The molecule has 0 aliphatic heterocycles. The lowest BCUT2D eigenvalue weighted by Crippen LogP contribution is -2.18. The molecule has 0 bridgehead atoms. The fourth-order valence-electron chi connectivity index (χ4n) is 1.47. The molecular weight excluding hydrogens is 258 g/mol. The SMILES string of the molecule is COc1ccc(/C=N/NC(=O)c2ccccn2)c(O)c1. The Morgan fingerprint density at radius 1 is 1.40 bits per heavy atom. The number of aromatic nitrogens is 1. The smallest absolute Gasteiger partial charge is 0.289 e. The van der Waals surface area contributed by atoms with Crippen molar-refractivity contribution in [2.45, 2.75) is 0 Å². The highest BCUT2D eigenvalue weighted by Crippen LogP contribution is 2.21. The Kier molecular flexibility index (Phi) is 4.28. The van der Waals surface area contributed by atoms with Gasteiger partial charge in [-0.15, -0.1) is 0 Å². The normalized spacial score (nSPS) is 10.4. The molecule has 20 heavy (non-hydrogen) atoms. The van der Waals surface area contributed by atoms with Gasteiger partial charge in [0.2, 0.25) is 0 Å². The Morgan fingerprint density at radius 2 is 2.25 bits per heavy atom. The molecule has 1 heterocycles. The number of methoxy groups -OCH3 is 1. The lowest BCUT2D eigenvalue weighted by Gasteiger charge is -2.02. The maximum absolute atomic E-state index is 11.7. The van der Waals surface area contributed by atoms with Gasteiger partial charge in [0.25, 0.3) is 5.91 Å². The average molecular weight is 271 g/mol. The van der Waals surface area contributed by atoms with Crippen molar-refractivity contribution in [3.8, 4) is 11.5 Å². The van der Waals surface area contributed by atoms with Crippen molar-refractivity contribution in [2.75, 3.05) is 7.11 Å². The first-order valence-electron chi connectivity index (χ1n) is 5.82. The predicted molar refractivity (Wildman–Crippen MR) is 74.0 cm³/mol. The molecule has 0 aliphatic rings. The van der Waals surface area contributed by atoms with Crippen LogP contribution in [-0.4, -0.2) is 29.3 Å². The first kappa shape index (κ1) is 13.5. The van der Waals surface area contributed by atoms with Crippen molar-refractivity contribution in [3.05, 3.63) is 53.9 Å². The molecule has 0 fully saturated rings. The number of ether oxygens (including phenoxy) is 1. The number of hydrogen-bond acceptors (Lipinski definition) is 5. The van der Waals surface area contributed by atoms with Crippen LogP contribution < -0.4 is 10.2 Å². The molecule has 1 amide bonds. The van der Waals surface area contributed by atoms with Crippen LogP contribution in [0, 0.1) is 0 Å². The number of carbonyl (C=O) groups is 1. The van der Waals surface area contributed by atoms with Gasteiger partial charge in [-0.25, -0.2) is 5.43 Å². The summed E-state index contributed by atoms with van der Waals surface area (Å²) in [5.41, 5.74) is 3.06. The lowest BCUT2D eigenvalue weighted by molar-refractivity contribution is 0.0950. The number of nitrogens with one attached hydrogen (secondary N) is 1. The number of phenolic OH excluding ortho intramolecular Hbond substituents is 1. The maximum Gasteiger partial charge on any atom is 0.289 e. The number of hydrogen-bond donors (Lipinski definition) is 2. The van der Waals surface area contributed by atoms with Crippen molar-refractivity contribution in [2.24, 2.45) is 5.10 Å². The van der Waals surface area contributed by atoms with Crippen molar-refractivity contribution in [1.82, 2.24) is 10.4 Å². The number of pyridine rings is 1. The molecule has 6 nitrogen and oxygen atoms in total. The van der Waals surface area contributed by atoms with Gasteiger partial charge in [-0.3, -0.25) is 9.78 Å². The van der Waals surface area contributed by atoms with Gasteiger partial charge in [0.05, 0.1) is 13.3 Å². The molecule has 0 atom stereocenters. The standard InChI is InChI=1S/C14H13N3O3/c1-20-11-6-5-10(13(18)8-11)9-16-17-14(19)12-4-2-3-7-15-12/h2-9,18H,1H3,(H,17,19)/b16-9+. The number of aromatic hydroxyl groups is 1. The largest absolute Gasteiger partial charge is 0.507 e. The third kappa shape index (κ3) is 3.32. The number of carbonyl (C=O) groups excluding carboxylic acids is 1. The number of nitrogens with zero attached hydrogens (tertiary/aromatic N) is 2. The van der Waals surface area contributed by atoms with E-state index in [1.807, 2.05) is 0 Å². The van der Waals surface area contributed by atoms with Gasteiger partial charge in [-0.05, 0) is 24.3 Å². The van der Waals surface area contributed by atoms with Gasteiger partial charge < -0.3 is 9.84 Å². The third-order valence-corrected chi connectivity index (χ3v) is 2.50. The van der Waals surface area contributed by atoms with E-state index in [0.29, 0.717) is 11.3 Å². The van der Waals surface area contributed by atoms with Crippen LogP contribution >= 0.6 is 0 Å². The zero-order valence-corrected chi connectivity index (χ0v) is 10.8. The molecule has 1 aromatic heterocycles. The van der Waals surface area contributed by atoms with Crippen molar-refractivity contribution in [3.63, 3.8) is 0 Å². The van der Waals surface area contributed by atoms with Gasteiger partial charge >= 0.3 is 0 Å². The van der Waals surface area contributed by atoms with Crippen molar-refractivity contribution in [1.29, 1.82) is 0 Å². The number of hydrazone groups is 1. The van der Waals surface area contributed by atoms with Crippen LogP contribution in [0.5, 0.6) is 11.5 Å². The highest BCUT2D eigenvalue weighted by atomic mass is 16.5. The first-order chi connectivity index (χ1) is 9.70. The molecule has 102 valence electrons. The van der Waals surface area contributed by atoms with Gasteiger partial charge in [0.1, 0.15) is 17.2 Å². The summed E-state index contributed by atoms with van der Waals surface area (Å²) in [4.78, 5) is 15.5. The predicted octanol–water partition coefficient (Wildman–Crippen LogP) is 1.56. The van der Waals surface area contributed by atoms with Crippen molar-refractivity contribution >= 4 is 12.1 Å². The second kappa shape index (κ2) is 6.33. The summed E-state index contributed by atoms with van der Waals surface area (Å²) in [5, 5.41) is 13.5. The van der Waals surface area contributed by atoms with E-state index in [1.54, 1.807) is 30.3 Å². The van der Waals surface area contributed by atoms with E-state index in [4.69, 9.17) is 4.74 Å². The summed E-state index contributed by atoms with van der Waals surface area (Å²) in [6.45, 7) is 0. The highest BCUT2D eigenvalue weighted by Gasteiger charge is 2.04. The third-order valence-electron chi connectivity index (χ3n) is 2.50. The van der Waals surface area contributed by atoms with Gasteiger partial charge in [-0.2, -0.15) is 5.10 Å². The minimum atomic E-state index is -0.421. The fraction of sp³-hybridized carbons (Fsp3) is 0.0714. The molecule has 0 saturated carbocycles. The summed E-state index contributed by atoms with van der Waals surface area (Å²) in [7, 11) is 1.51. The van der Waals surface area contributed by atoms with Crippen LogP contribution in [0.3, 0.4) is 0 Å². The molecule has 0 saturated heterocycles. The van der Waals surface area contributed by atoms with E-state index in [2.05, 4.69) is 15.5 Å². The zero-order valence-electron chi connectivity index (χ0n) is 10.8. The molecule has 0 unspecified atom stereocenters. The minimum Gasteiger partial charge on any atom is -0.507 e. The van der Waals surface area contributed by atoms with Gasteiger partial charge in [-0.1, -0.05) is 6.07 Å². The Labute approximate surface area is 115 Å². The number of benzene rings is 1. The van der Waals surface area contributed by atoms with Crippen LogP contribution in [0.2, 0.25) is 0 Å². The average Bonchev–Trinajstić information content (AvgIpc) is 2.49. The fourth-order valence-corrected chi connectivity index (χ4v) is 1.47. The van der Waals surface area contributed by atoms with Crippen LogP contribution in [0.25, 0.3) is 0 Å². The number of amides is 1. The number of rotatable bonds is 4. The Bertz CT molecular complexity index is 627. The van der Waals surface area contributed by atoms with E-state index < -0.39 is 5.91 Å². The molecule has 6 heteroatoms. The first-order valence-corrected chi connectivity index (χ1v) is 5.82. The molecular formula is C14H13N3O3. The van der Waals surface area contributed by atoms with E-state index in [0.717, 1.165) is 0 Å². The summed E-state index contributed by atoms with van der Waals surface area (Å²) in [6.07, 6.45) is 2.86. The lowest BCUT2D eigenvalue weighted by atomic mass is 10.2. The van der Waals surface area contributed by atoms with Crippen molar-refractivity contribution < 1.29 is 14.6 Å². The molecule has 0 aliphatic carbocycles. The Morgan fingerprint density at radius 3 is 2.90 bits per heavy atom. The minimum absolute atomic E-state index is 0.0141. The molecule has 0 radical (unpaired) electrons. The van der Waals surface area contributed by atoms with E-state index in [1.165, 1.54) is 25.6 Å². The van der Waals surface area contributed by atoms with Crippen LogP contribution in [0.15, 0.2) is 47.7 Å². The summed E-state index contributed by atoms with van der Waals surface area (Å²) < 4.78 is 4.97. The molecule has 2 rings (SSSR count). The van der Waals surface area contributed by atoms with E-state index in [9.17, 15) is 9.90 Å². The molecule has 0 spiro atoms. The topological polar surface area (TPSA) is 83.8 Å². The quantitative estimate of drug-likeness (QED) is 0.653. The van der Waals surface area contributed by atoms with Crippen LogP contribution in [-0.2, 0) is 0 Å². The highest BCUT2D eigenvalue weighted by molar-refractivity contribution is 5.93. The van der Waals surface area contributed by atoms with Gasteiger partial charge in [0.15, 0.2) is 0 Å². The molecule has 1 aromatic carbocycles. The van der Waals surface area contributed by atoms with E-state index in [-0.39, 0.29) is 11.4 Å². The monoisotopic (exact) mass is 271 g/mol. The molecule has 2 N–H and O–H groups in total. The summed E-state index contributed by atoms with van der Waals surface area (Å²) in [6, 6.07) is 9.78.